The number of methoxy groups -OCH3 is 1. The van der Waals surface area contributed by atoms with Crippen molar-refractivity contribution in [1.29, 1.82) is 0 Å². The summed E-state index contributed by atoms with van der Waals surface area (Å²) in [7, 11) is 1.70. The van der Waals surface area contributed by atoms with Gasteiger partial charge in [0.15, 0.2) is 11.6 Å². The second-order valence-electron chi connectivity index (χ2n) is 7.72. The van der Waals surface area contributed by atoms with Crippen LogP contribution in [-0.2, 0) is 14.2 Å². The zero-order valence-corrected chi connectivity index (χ0v) is 16.8. The number of nitrogen functional groups attached to an aromatic ring is 1. The van der Waals surface area contributed by atoms with Crippen molar-refractivity contribution in [2.45, 2.75) is 37.1 Å². The predicted molar refractivity (Wildman–Crippen MR) is 111 cm³/mol. The summed E-state index contributed by atoms with van der Waals surface area (Å²) in [6.07, 6.45) is 4.75. The molecule has 0 unspecified atom stereocenters. The highest BCUT2D eigenvalue weighted by molar-refractivity contribution is 5.92. The maximum absolute atomic E-state index is 6.08. The van der Waals surface area contributed by atoms with Crippen molar-refractivity contribution in [1.82, 2.24) is 20.4 Å². The highest BCUT2D eigenvalue weighted by Gasteiger charge is 2.46. The lowest BCUT2D eigenvalue weighted by Crippen LogP contribution is -2.44. The van der Waals surface area contributed by atoms with E-state index >= 15 is 0 Å². The van der Waals surface area contributed by atoms with Crippen LogP contribution >= 0.6 is 0 Å². The molecule has 8 heteroatoms. The van der Waals surface area contributed by atoms with E-state index in [1.165, 1.54) is 0 Å². The minimum absolute atomic E-state index is 0.295. The van der Waals surface area contributed by atoms with E-state index in [4.69, 9.17) is 19.9 Å². The van der Waals surface area contributed by atoms with E-state index in [9.17, 15) is 0 Å². The lowest BCUT2D eigenvalue weighted by atomic mass is 9.81. The van der Waals surface area contributed by atoms with Crippen molar-refractivity contribution in [2.75, 3.05) is 26.1 Å². The van der Waals surface area contributed by atoms with Crippen LogP contribution in [0.25, 0.3) is 22.2 Å². The highest BCUT2D eigenvalue weighted by Crippen LogP contribution is 2.41. The van der Waals surface area contributed by atoms with Crippen LogP contribution in [-0.4, -0.2) is 52.1 Å². The molecule has 1 aromatic carbocycles. The molecule has 1 aliphatic heterocycles. The van der Waals surface area contributed by atoms with Gasteiger partial charge in [-0.3, -0.25) is 5.10 Å². The van der Waals surface area contributed by atoms with Crippen LogP contribution in [0.1, 0.15) is 31.2 Å². The number of anilines is 1. The number of aromatic nitrogens is 4. The second-order valence-corrected chi connectivity index (χ2v) is 7.72. The number of hydrogen-bond acceptors (Lipinski definition) is 7. The molecular formula is C22H23N5O3. The first-order valence-electron chi connectivity index (χ1n) is 10.0. The monoisotopic (exact) mass is 405 g/mol. The fourth-order valence-electron chi connectivity index (χ4n) is 4.20. The average molecular weight is 405 g/mol. The molecule has 5 rings (SSSR count). The molecule has 0 atom stereocenters. The molecule has 3 aromatic rings. The van der Waals surface area contributed by atoms with Crippen LogP contribution in [0.3, 0.4) is 0 Å². The van der Waals surface area contributed by atoms with Crippen LogP contribution in [0.5, 0.6) is 0 Å². The summed E-state index contributed by atoms with van der Waals surface area (Å²) in [4.78, 5) is 0. The van der Waals surface area contributed by atoms with Gasteiger partial charge in [0.2, 0.25) is 0 Å². The molecule has 30 heavy (non-hydrogen) atoms. The van der Waals surface area contributed by atoms with E-state index in [0.717, 1.165) is 42.1 Å². The number of para-hydroxylation sites is 1. The minimum atomic E-state index is -0.556. The zero-order valence-electron chi connectivity index (χ0n) is 16.8. The van der Waals surface area contributed by atoms with Crippen LogP contribution in [0, 0.1) is 11.8 Å². The van der Waals surface area contributed by atoms with E-state index in [0.29, 0.717) is 30.3 Å². The molecule has 0 radical (unpaired) electrons. The van der Waals surface area contributed by atoms with Gasteiger partial charge in [-0.1, -0.05) is 30.0 Å². The number of nitrogens with one attached hydrogen (secondary N) is 1. The van der Waals surface area contributed by atoms with Crippen molar-refractivity contribution < 1.29 is 14.2 Å². The van der Waals surface area contributed by atoms with E-state index in [-0.39, 0.29) is 0 Å². The maximum atomic E-state index is 6.08. The third kappa shape index (κ3) is 3.31. The second kappa shape index (κ2) is 7.36. The molecule has 3 N–H and O–H groups in total. The standard InChI is InChI=1S/C22H23N5O3/c1-28-21(7-9-22(10-8-21)29-11-12-30-22)6-5-15-13-18(25-27-20(15)23)17-4-2-3-16-14-24-26-19(16)17/h2-4,13-14H,7-12H2,1H3,(H2,23,27)(H,24,26). The smallest absolute Gasteiger partial charge is 0.168 e. The van der Waals surface area contributed by atoms with Crippen LogP contribution in [0.15, 0.2) is 30.5 Å². The van der Waals surface area contributed by atoms with E-state index < -0.39 is 11.4 Å². The van der Waals surface area contributed by atoms with Gasteiger partial charge in [0.1, 0.15) is 5.60 Å². The van der Waals surface area contributed by atoms with Crippen molar-refractivity contribution in [3.8, 4) is 23.1 Å². The Morgan fingerprint density at radius 2 is 1.93 bits per heavy atom. The summed E-state index contributed by atoms with van der Waals surface area (Å²) in [5, 5.41) is 16.5. The van der Waals surface area contributed by atoms with Crippen LogP contribution in [0.4, 0.5) is 5.82 Å². The number of H-pyrrole nitrogens is 1. The Morgan fingerprint density at radius 3 is 2.70 bits per heavy atom. The SMILES string of the molecule is COC1(C#Cc2cc(-c3cccc4cn[nH]c34)nnc2N)CCC2(CC1)OCCO2. The van der Waals surface area contributed by atoms with Crippen molar-refractivity contribution in [3.05, 3.63) is 36.0 Å². The number of nitrogens with zero attached hydrogens (tertiary/aromatic N) is 3. The Kier molecular flexibility index (Phi) is 4.66. The van der Waals surface area contributed by atoms with Gasteiger partial charge in [-0.15, -0.1) is 10.2 Å². The largest absolute Gasteiger partial charge is 0.381 e. The normalized spacial score (nSPS) is 19.6. The molecule has 154 valence electrons. The summed E-state index contributed by atoms with van der Waals surface area (Å²) in [6, 6.07) is 7.78. The van der Waals surface area contributed by atoms with Gasteiger partial charge in [-0.25, -0.2) is 0 Å². The van der Waals surface area contributed by atoms with E-state index in [1.807, 2.05) is 24.3 Å². The summed E-state index contributed by atoms with van der Waals surface area (Å²) >= 11 is 0. The molecule has 0 amide bonds. The van der Waals surface area contributed by atoms with Gasteiger partial charge in [0, 0.05) is 30.9 Å². The number of rotatable bonds is 2. The van der Waals surface area contributed by atoms with Crippen LogP contribution < -0.4 is 5.73 Å². The molecule has 0 bridgehead atoms. The van der Waals surface area contributed by atoms with Gasteiger partial charge in [-0.05, 0) is 18.9 Å². The number of ether oxygens (including phenoxy) is 3. The summed E-state index contributed by atoms with van der Waals surface area (Å²) in [5.74, 6) is 6.34. The summed E-state index contributed by atoms with van der Waals surface area (Å²) in [6.45, 7) is 1.30. The van der Waals surface area contributed by atoms with Crippen molar-refractivity contribution in [3.63, 3.8) is 0 Å². The van der Waals surface area contributed by atoms with Gasteiger partial charge >= 0.3 is 0 Å². The molecule has 1 saturated heterocycles. The Morgan fingerprint density at radius 1 is 1.13 bits per heavy atom. The molecule has 1 aliphatic carbocycles. The van der Waals surface area contributed by atoms with Gasteiger partial charge in [0.05, 0.1) is 36.2 Å². The van der Waals surface area contributed by atoms with Gasteiger partial charge in [0.25, 0.3) is 0 Å². The molecule has 1 spiro atoms. The first-order chi connectivity index (χ1) is 14.6. The first-order valence-corrected chi connectivity index (χ1v) is 10.0. The number of fused-ring (bicyclic) bond motifs is 1. The number of aromatic amines is 1. The Bertz CT molecular complexity index is 1130. The number of benzene rings is 1. The highest BCUT2D eigenvalue weighted by atomic mass is 16.7. The molecule has 8 nitrogen and oxygen atoms in total. The summed E-state index contributed by atoms with van der Waals surface area (Å²) < 4.78 is 17.5. The molecule has 1 saturated carbocycles. The Hall–Kier alpha value is -2.99. The fourth-order valence-corrected chi connectivity index (χ4v) is 4.20. The lowest BCUT2D eigenvalue weighted by molar-refractivity contribution is -0.198. The molecule has 3 heterocycles. The topological polar surface area (TPSA) is 108 Å². The predicted octanol–water partition coefficient (Wildman–Crippen LogP) is 2.66. The number of nitrogens with two attached hydrogens (primary N) is 1. The van der Waals surface area contributed by atoms with E-state index in [2.05, 4.69) is 32.2 Å². The maximum Gasteiger partial charge on any atom is 0.168 e. The van der Waals surface area contributed by atoms with E-state index in [1.54, 1.807) is 13.3 Å². The molecule has 2 fully saturated rings. The average Bonchev–Trinajstić information content (AvgIpc) is 3.44. The molecular weight excluding hydrogens is 382 g/mol. The van der Waals surface area contributed by atoms with Crippen LogP contribution in [0.2, 0.25) is 0 Å². The summed E-state index contributed by atoms with van der Waals surface area (Å²) in [5.41, 5.74) is 8.63. The third-order valence-corrected chi connectivity index (χ3v) is 6.02. The quantitative estimate of drug-likeness (QED) is 0.631. The lowest BCUT2D eigenvalue weighted by Gasteiger charge is -2.39. The fraction of sp³-hybridized carbons (Fsp3) is 0.409. The Balaban J connectivity index is 1.45. The Labute approximate surface area is 174 Å². The first kappa shape index (κ1) is 19.0. The molecule has 2 aliphatic rings. The zero-order chi connectivity index (χ0) is 20.6. The minimum Gasteiger partial charge on any atom is -0.381 e. The third-order valence-electron chi connectivity index (χ3n) is 6.02. The van der Waals surface area contributed by atoms with Gasteiger partial charge < -0.3 is 19.9 Å². The number of hydrogen-bond donors (Lipinski definition) is 2. The molecule has 2 aromatic heterocycles. The van der Waals surface area contributed by atoms with Crippen molar-refractivity contribution >= 4 is 16.7 Å². The van der Waals surface area contributed by atoms with Crippen molar-refractivity contribution in [2.24, 2.45) is 0 Å². The van der Waals surface area contributed by atoms with Gasteiger partial charge in [-0.2, -0.15) is 5.10 Å².